The van der Waals surface area contributed by atoms with Gasteiger partial charge in [0.1, 0.15) is 5.82 Å². The molecule has 0 bridgehead atoms. The highest BCUT2D eigenvalue weighted by atomic mass is 16.5. The van der Waals surface area contributed by atoms with Crippen molar-refractivity contribution < 1.29 is 4.74 Å². The van der Waals surface area contributed by atoms with Crippen LogP contribution >= 0.6 is 0 Å². The van der Waals surface area contributed by atoms with Crippen molar-refractivity contribution in [2.45, 2.75) is 32.4 Å². The third kappa shape index (κ3) is 4.19. The van der Waals surface area contributed by atoms with Crippen molar-refractivity contribution in [3.63, 3.8) is 0 Å². The van der Waals surface area contributed by atoms with E-state index in [0.717, 1.165) is 74.2 Å². The summed E-state index contributed by atoms with van der Waals surface area (Å²) in [4.78, 5) is 10.1. The number of likely N-dealkylation sites (tertiary alicyclic amines) is 1. The largest absolute Gasteiger partial charge is 0.378 e. The Kier molecular flexibility index (Phi) is 5.77. The molecule has 0 amide bonds. The molecule has 6 heteroatoms. The number of rotatable bonds is 5. The van der Waals surface area contributed by atoms with Gasteiger partial charge in [-0.05, 0) is 31.9 Å². The Morgan fingerprint density at radius 2 is 1.74 bits per heavy atom. The average molecular weight is 454 g/mol. The number of morpholine rings is 1. The van der Waals surface area contributed by atoms with Crippen LogP contribution in [-0.2, 0) is 11.3 Å². The molecule has 4 heterocycles. The molecule has 2 aromatic carbocycles. The maximum absolute atomic E-state index is 5.64. The average Bonchev–Trinajstić information content (AvgIpc) is 3.52. The van der Waals surface area contributed by atoms with E-state index in [1.807, 2.05) is 4.52 Å². The van der Waals surface area contributed by atoms with E-state index in [1.54, 1.807) is 0 Å². The number of aromatic nitrogens is 3. The van der Waals surface area contributed by atoms with E-state index in [1.165, 1.54) is 17.5 Å². The first kappa shape index (κ1) is 21.3. The first-order valence-corrected chi connectivity index (χ1v) is 12.3. The lowest BCUT2D eigenvalue weighted by Crippen LogP contribution is -2.37. The van der Waals surface area contributed by atoms with Crippen molar-refractivity contribution >= 4 is 11.5 Å². The van der Waals surface area contributed by atoms with E-state index in [-0.39, 0.29) is 0 Å². The summed E-state index contributed by atoms with van der Waals surface area (Å²) in [6, 6.07) is 24.1. The van der Waals surface area contributed by atoms with Crippen LogP contribution in [0.1, 0.15) is 35.7 Å². The standard InChI is InChI=1S/C28H31N5O/c1-21-9-11-23(12-10-21)24-18-27-29-25(19-28(33(27)30-24)31-14-16-34-17-15-31)26-8-5-13-32(26)20-22-6-3-2-4-7-22/h2-4,6-7,9-12,18-19,26H,5,8,13-17,20H2,1H3. The van der Waals surface area contributed by atoms with E-state index in [9.17, 15) is 0 Å². The quantitative estimate of drug-likeness (QED) is 0.431. The number of hydrogen-bond acceptors (Lipinski definition) is 5. The second kappa shape index (κ2) is 9.20. The molecule has 2 aliphatic heterocycles. The summed E-state index contributed by atoms with van der Waals surface area (Å²) in [7, 11) is 0. The molecule has 0 spiro atoms. The molecule has 0 N–H and O–H groups in total. The van der Waals surface area contributed by atoms with Crippen molar-refractivity contribution in [1.29, 1.82) is 0 Å². The molecular weight excluding hydrogens is 422 g/mol. The van der Waals surface area contributed by atoms with Gasteiger partial charge in [0.15, 0.2) is 5.65 Å². The van der Waals surface area contributed by atoms with Crippen molar-refractivity contribution in [1.82, 2.24) is 19.5 Å². The molecule has 4 aromatic rings. The minimum atomic E-state index is 0.322. The lowest BCUT2D eigenvalue weighted by atomic mass is 10.1. The van der Waals surface area contributed by atoms with Crippen LogP contribution in [0.15, 0.2) is 66.7 Å². The predicted molar refractivity (Wildman–Crippen MR) is 135 cm³/mol. The lowest BCUT2D eigenvalue weighted by Gasteiger charge is -2.30. The van der Waals surface area contributed by atoms with Gasteiger partial charge in [0.05, 0.1) is 30.6 Å². The van der Waals surface area contributed by atoms with Crippen molar-refractivity contribution in [2.24, 2.45) is 0 Å². The van der Waals surface area contributed by atoms with Crippen LogP contribution in [0.4, 0.5) is 5.82 Å². The minimum absolute atomic E-state index is 0.322. The molecule has 0 radical (unpaired) electrons. The zero-order valence-corrected chi connectivity index (χ0v) is 19.7. The highest BCUT2D eigenvalue weighted by molar-refractivity contribution is 5.66. The van der Waals surface area contributed by atoms with Gasteiger partial charge in [0.25, 0.3) is 0 Å². The van der Waals surface area contributed by atoms with Gasteiger partial charge in [-0.25, -0.2) is 4.98 Å². The number of hydrogen-bond donors (Lipinski definition) is 0. The van der Waals surface area contributed by atoms with Crippen LogP contribution in [0.2, 0.25) is 0 Å². The van der Waals surface area contributed by atoms with Crippen LogP contribution in [0, 0.1) is 6.92 Å². The Hall–Kier alpha value is -3.22. The summed E-state index contributed by atoms with van der Waals surface area (Å²) >= 11 is 0. The van der Waals surface area contributed by atoms with Gasteiger partial charge in [0.2, 0.25) is 0 Å². The number of anilines is 1. The lowest BCUT2D eigenvalue weighted by molar-refractivity contribution is 0.122. The minimum Gasteiger partial charge on any atom is -0.378 e. The van der Waals surface area contributed by atoms with Gasteiger partial charge in [-0.1, -0.05) is 60.2 Å². The Morgan fingerprint density at radius 1 is 0.941 bits per heavy atom. The topological polar surface area (TPSA) is 45.9 Å². The molecule has 2 aromatic heterocycles. The Labute approximate surface area is 200 Å². The van der Waals surface area contributed by atoms with Gasteiger partial charge in [-0.3, -0.25) is 4.90 Å². The summed E-state index contributed by atoms with van der Waals surface area (Å²) < 4.78 is 7.67. The Balaban J connectivity index is 1.40. The van der Waals surface area contributed by atoms with Crippen LogP contribution in [0.3, 0.4) is 0 Å². The van der Waals surface area contributed by atoms with Gasteiger partial charge in [-0.2, -0.15) is 9.61 Å². The van der Waals surface area contributed by atoms with E-state index >= 15 is 0 Å². The molecule has 6 rings (SSSR count). The molecule has 2 fully saturated rings. The molecule has 0 aliphatic carbocycles. The first-order chi connectivity index (χ1) is 16.7. The van der Waals surface area contributed by atoms with Gasteiger partial charge in [0, 0.05) is 37.3 Å². The molecule has 2 saturated heterocycles. The van der Waals surface area contributed by atoms with Crippen molar-refractivity contribution in [3.8, 4) is 11.3 Å². The number of nitrogens with zero attached hydrogens (tertiary/aromatic N) is 5. The van der Waals surface area contributed by atoms with Crippen LogP contribution in [0.5, 0.6) is 0 Å². The van der Waals surface area contributed by atoms with Crippen LogP contribution in [-0.4, -0.2) is 52.3 Å². The Morgan fingerprint density at radius 3 is 2.53 bits per heavy atom. The fourth-order valence-corrected chi connectivity index (χ4v) is 5.20. The summed E-state index contributed by atoms with van der Waals surface area (Å²) in [6.07, 6.45) is 2.34. The molecule has 1 unspecified atom stereocenters. The third-order valence-electron chi connectivity index (χ3n) is 7.04. The zero-order chi connectivity index (χ0) is 22.9. The number of aryl methyl sites for hydroxylation is 1. The third-order valence-corrected chi connectivity index (χ3v) is 7.04. The number of fused-ring (bicyclic) bond motifs is 1. The molecular formula is C28H31N5O. The maximum Gasteiger partial charge on any atom is 0.158 e. The van der Waals surface area contributed by atoms with E-state index in [2.05, 4.69) is 83.5 Å². The van der Waals surface area contributed by atoms with Crippen LogP contribution in [0.25, 0.3) is 16.9 Å². The molecule has 34 heavy (non-hydrogen) atoms. The highest BCUT2D eigenvalue weighted by Crippen LogP contribution is 2.35. The van der Waals surface area contributed by atoms with Crippen molar-refractivity contribution in [2.75, 3.05) is 37.7 Å². The second-order valence-electron chi connectivity index (χ2n) is 9.42. The smallest absolute Gasteiger partial charge is 0.158 e. The van der Waals surface area contributed by atoms with Gasteiger partial charge in [-0.15, -0.1) is 0 Å². The molecule has 2 aliphatic rings. The van der Waals surface area contributed by atoms with E-state index in [0.29, 0.717) is 6.04 Å². The van der Waals surface area contributed by atoms with Crippen molar-refractivity contribution in [3.05, 3.63) is 83.6 Å². The normalized spacial score (nSPS) is 19.2. The first-order valence-electron chi connectivity index (χ1n) is 12.3. The Bertz CT molecular complexity index is 1260. The maximum atomic E-state index is 5.64. The number of benzene rings is 2. The summed E-state index contributed by atoms with van der Waals surface area (Å²) in [6.45, 7) is 7.41. The number of ether oxygens (including phenoxy) is 1. The predicted octanol–water partition coefficient (Wildman–Crippen LogP) is 4.88. The van der Waals surface area contributed by atoms with E-state index in [4.69, 9.17) is 14.8 Å². The second-order valence-corrected chi connectivity index (χ2v) is 9.42. The molecule has 0 saturated carbocycles. The van der Waals surface area contributed by atoms with Crippen LogP contribution < -0.4 is 4.90 Å². The zero-order valence-electron chi connectivity index (χ0n) is 19.7. The van der Waals surface area contributed by atoms with Gasteiger partial charge < -0.3 is 9.64 Å². The fourth-order valence-electron chi connectivity index (χ4n) is 5.20. The fraction of sp³-hybridized carbons (Fsp3) is 0.357. The highest BCUT2D eigenvalue weighted by Gasteiger charge is 2.29. The summed E-state index contributed by atoms with van der Waals surface area (Å²) in [5, 5.41) is 5.00. The summed E-state index contributed by atoms with van der Waals surface area (Å²) in [5.41, 5.74) is 6.76. The van der Waals surface area contributed by atoms with Gasteiger partial charge >= 0.3 is 0 Å². The van der Waals surface area contributed by atoms with E-state index < -0.39 is 0 Å². The molecule has 1 atom stereocenters. The monoisotopic (exact) mass is 453 g/mol. The SMILES string of the molecule is Cc1ccc(-c2cc3nc(C4CCCN4Cc4ccccc4)cc(N4CCOCC4)n3n2)cc1. The molecule has 6 nitrogen and oxygen atoms in total. The molecule has 174 valence electrons. The summed E-state index contributed by atoms with van der Waals surface area (Å²) in [5.74, 6) is 1.12.